The Balaban J connectivity index is 1.97. The first-order valence-corrected chi connectivity index (χ1v) is 6.70. The van der Waals surface area contributed by atoms with Gasteiger partial charge in [-0.25, -0.2) is 4.98 Å². The summed E-state index contributed by atoms with van der Waals surface area (Å²) in [6, 6.07) is 12.2. The van der Waals surface area contributed by atoms with E-state index in [1.54, 1.807) is 0 Å². The molecule has 2 nitrogen and oxygen atoms in total. The topological polar surface area (TPSA) is 28.7 Å². The zero-order chi connectivity index (χ0) is 13.4. The summed E-state index contributed by atoms with van der Waals surface area (Å²) < 4.78 is 0. The van der Waals surface area contributed by atoms with Gasteiger partial charge in [0.2, 0.25) is 0 Å². The maximum atomic E-state index is 5.89. The summed E-state index contributed by atoms with van der Waals surface area (Å²) >= 11 is 5.89. The molecule has 1 heterocycles. The van der Waals surface area contributed by atoms with Gasteiger partial charge in [-0.2, -0.15) is 0 Å². The number of aromatic amines is 1. The Bertz CT molecular complexity index is 726. The molecule has 3 aromatic rings. The fourth-order valence-electron chi connectivity index (χ4n) is 2.40. The first kappa shape index (κ1) is 12.2. The van der Waals surface area contributed by atoms with Crippen LogP contribution < -0.4 is 0 Å². The number of halogens is 1. The summed E-state index contributed by atoms with van der Waals surface area (Å²) in [6.07, 6.45) is 0.796. The fraction of sp³-hybridized carbons (Fsp3) is 0.188. The lowest BCUT2D eigenvalue weighted by molar-refractivity contribution is 1.04. The first-order chi connectivity index (χ1) is 9.11. The molecule has 0 saturated heterocycles. The number of rotatable bonds is 2. The average Bonchev–Trinajstić information content (AvgIpc) is 2.75. The van der Waals surface area contributed by atoms with Gasteiger partial charge in [0.05, 0.1) is 11.0 Å². The smallest absolute Gasteiger partial charge is 0.111 e. The molecule has 0 radical (unpaired) electrons. The van der Waals surface area contributed by atoms with Crippen LogP contribution in [-0.2, 0) is 6.42 Å². The summed E-state index contributed by atoms with van der Waals surface area (Å²) in [7, 11) is 0. The Morgan fingerprint density at radius 3 is 2.58 bits per heavy atom. The van der Waals surface area contributed by atoms with Crippen LogP contribution in [0.1, 0.15) is 22.5 Å². The third kappa shape index (κ3) is 2.49. The highest BCUT2D eigenvalue weighted by Gasteiger charge is 2.06. The fourth-order valence-corrected chi connectivity index (χ4v) is 2.53. The van der Waals surface area contributed by atoms with Crippen molar-refractivity contribution < 1.29 is 0 Å². The highest BCUT2D eigenvalue weighted by atomic mass is 35.5. The van der Waals surface area contributed by atoms with Crippen molar-refractivity contribution in [3.63, 3.8) is 0 Å². The van der Waals surface area contributed by atoms with Crippen LogP contribution in [0.4, 0.5) is 0 Å². The highest BCUT2D eigenvalue weighted by molar-refractivity contribution is 6.30. The Kier molecular flexibility index (Phi) is 3.03. The SMILES string of the molecule is Cc1cc(C)c2nc(Cc3ccc(Cl)cc3)[nH]c2c1. The molecule has 0 unspecified atom stereocenters. The standard InChI is InChI=1S/C16H15ClN2/c1-10-7-11(2)16-14(8-10)18-15(19-16)9-12-3-5-13(17)6-4-12/h3-8H,9H2,1-2H3,(H,18,19). The molecule has 3 heteroatoms. The molecule has 1 aromatic heterocycles. The van der Waals surface area contributed by atoms with E-state index in [0.29, 0.717) is 0 Å². The van der Waals surface area contributed by atoms with Crippen LogP contribution in [0.25, 0.3) is 11.0 Å². The highest BCUT2D eigenvalue weighted by Crippen LogP contribution is 2.20. The second-order valence-corrected chi connectivity index (χ2v) is 5.40. The van der Waals surface area contributed by atoms with Gasteiger partial charge in [0.1, 0.15) is 5.82 Å². The third-order valence-corrected chi connectivity index (χ3v) is 3.51. The monoisotopic (exact) mass is 270 g/mol. The Morgan fingerprint density at radius 1 is 1.11 bits per heavy atom. The Morgan fingerprint density at radius 2 is 1.84 bits per heavy atom. The van der Waals surface area contributed by atoms with E-state index in [1.807, 2.05) is 24.3 Å². The second kappa shape index (κ2) is 4.71. The molecule has 0 aliphatic carbocycles. The summed E-state index contributed by atoms with van der Waals surface area (Å²) in [5, 5.41) is 0.764. The average molecular weight is 271 g/mol. The number of imidazole rings is 1. The number of benzene rings is 2. The van der Waals surface area contributed by atoms with E-state index in [9.17, 15) is 0 Å². The van der Waals surface area contributed by atoms with E-state index >= 15 is 0 Å². The van der Waals surface area contributed by atoms with Crippen molar-refractivity contribution in [3.05, 3.63) is 63.9 Å². The van der Waals surface area contributed by atoms with Gasteiger partial charge in [-0.05, 0) is 48.7 Å². The minimum absolute atomic E-state index is 0.764. The van der Waals surface area contributed by atoms with E-state index in [2.05, 4.69) is 35.9 Å². The van der Waals surface area contributed by atoms with Gasteiger partial charge in [-0.1, -0.05) is 29.8 Å². The molecule has 0 bridgehead atoms. The number of hydrogen-bond donors (Lipinski definition) is 1. The van der Waals surface area contributed by atoms with Gasteiger partial charge in [0.25, 0.3) is 0 Å². The minimum atomic E-state index is 0.764. The summed E-state index contributed by atoms with van der Waals surface area (Å²) in [6.45, 7) is 4.20. The van der Waals surface area contributed by atoms with Gasteiger partial charge in [-0.3, -0.25) is 0 Å². The molecular formula is C16H15ClN2. The zero-order valence-electron chi connectivity index (χ0n) is 11.0. The quantitative estimate of drug-likeness (QED) is 0.733. The molecule has 0 spiro atoms. The van der Waals surface area contributed by atoms with Crippen molar-refractivity contribution >= 4 is 22.6 Å². The van der Waals surface area contributed by atoms with E-state index in [-0.39, 0.29) is 0 Å². The number of hydrogen-bond acceptors (Lipinski definition) is 1. The Labute approximate surface area is 117 Å². The predicted molar refractivity (Wildman–Crippen MR) is 79.8 cm³/mol. The summed E-state index contributed by atoms with van der Waals surface area (Å²) in [4.78, 5) is 8.08. The molecule has 3 rings (SSSR count). The minimum Gasteiger partial charge on any atom is -0.342 e. The van der Waals surface area contributed by atoms with Crippen LogP contribution in [0.3, 0.4) is 0 Å². The maximum absolute atomic E-state index is 5.89. The van der Waals surface area contributed by atoms with Crippen LogP contribution in [0.5, 0.6) is 0 Å². The molecule has 0 aliphatic heterocycles. The summed E-state index contributed by atoms with van der Waals surface area (Å²) in [5.74, 6) is 0.992. The summed E-state index contributed by atoms with van der Waals surface area (Å²) in [5.41, 5.74) is 5.86. The number of aromatic nitrogens is 2. The first-order valence-electron chi connectivity index (χ1n) is 6.32. The number of fused-ring (bicyclic) bond motifs is 1. The zero-order valence-corrected chi connectivity index (χ0v) is 11.8. The van der Waals surface area contributed by atoms with Crippen molar-refractivity contribution in [1.29, 1.82) is 0 Å². The molecule has 2 aromatic carbocycles. The number of H-pyrrole nitrogens is 1. The molecule has 19 heavy (non-hydrogen) atoms. The molecule has 0 saturated carbocycles. The molecular weight excluding hydrogens is 256 g/mol. The molecule has 0 fully saturated rings. The van der Waals surface area contributed by atoms with E-state index in [1.165, 1.54) is 16.7 Å². The third-order valence-electron chi connectivity index (χ3n) is 3.26. The van der Waals surface area contributed by atoms with Crippen LogP contribution in [0.15, 0.2) is 36.4 Å². The van der Waals surface area contributed by atoms with Gasteiger partial charge < -0.3 is 4.98 Å². The van der Waals surface area contributed by atoms with Crippen LogP contribution in [0.2, 0.25) is 5.02 Å². The molecule has 0 atom stereocenters. The van der Waals surface area contributed by atoms with E-state index in [4.69, 9.17) is 11.6 Å². The van der Waals surface area contributed by atoms with Crippen molar-refractivity contribution in [2.75, 3.05) is 0 Å². The number of nitrogens with one attached hydrogen (secondary N) is 1. The van der Waals surface area contributed by atoms with Gasteiger partial charge in [-0.15, -0.1) is 0 Å². The Hall–Kier alpha value is -1.80. The van der Waals surface area contributed by atoms with Crippen molar-refractivity contribution in [2.45, 2.75) is 20.3 Å². The lowest BCUT2D eigenvalue weighted by Crippen LogP contribution is -1.89. The number of aryl methyl sites for hydroxylation is 2. The normalized spacial score (nSPS) is 11.1. The molecule has 0 aliphatic rings. The van der Waals surface area contributed by atoms with Crippen LogP contribution in [-0.4, -0.2) is 9.97 Å². The largest absolute Gasteiger partial charge is 0.342 e. The van der Waals surface area contributed by atoms with Crippen LogP contribution in [0, 0.1) is 13.8 Å². The molecule has 1 N–H and O–H groups in total. The lowest BCUT2D eigenvalue weighted by Gasteiger charge is -1.97. The van der Waals surface area contributed by atoms with Gasteiger partial charge in [0.15, 0.2) is 0 Å². The predicted octanol–water partition coefficient (Wildman–Crippen LogP) is 4.42. The van der Waals surface area contributed by atoms with Crippen LogP contribution >= 0.6 is 11.6 Å². The van der Waals surface area contributed by atoms with E-state index in [0.717, 1.165) is 28.3 Å². The number of nitrogens with zero attached hydrogens (tertiary/aromatic N) is 1. The van der Waals surface area contributed by atoms with E-state index < -0.39 is 0 Å². The van der Waals surface area contributed by atoms with Gasteiger partial charge in [0, 0.05) is 11.4 Å². The van der Waals surface area contributed by atoms with Crippen molar-refractivity contribution in [2.24, 2.45) is 0 Å². The van der Waals surface area contributed by atoms with Gasteiger partial charge >= 0.3 is 0 Å². The van der Waals surface area contributed by atoms with Crippen molar-refractivity contribution in [3.8, 4) is 0 Å². The maximum Gasteiger partial charge on any atom is 0.111 e. The lowest BCUT2D eigenvalue weighted by atomic mass is 10.1. The molecule has 96 valence electrons. The molecule has 0 amide bonds. The van der Waals surface area contributed by atoms with Crippen molar-refractivity contribution in [1.82, 2.24) is 9.97 Å². The second-order valence-electron chi connectivity index (χ2n) is 4.96.